The summed E-state index contributed by atoms with van der Waals surface area (Å²) in [6.45, 7) is -1.74. The normalized spacial score (nSPS) is 14.9. The summed E-state index contributed by atoms with van der Waals surface area (Å²) in [6, 6.07) is 7.29. The van der Waals surface area contributed by atoms with Crippen molar-refractivity contribution in [3.63, 3.8) is 0 Å². The van der Waals surface area contributed by atoms with E-state index in [9.17, 15) is 50.3 Å². The van der Waals surface area contributed by atoms with Crippen LogP contribution in [0.4, 0.5) is 26.3 Å². The molecule has 2 aromatic rings. The van der Waals surface area contributed by atoms with Crippen molar-refractivity contribution in [1.82, 2.24) is 15.1 Å². The largest absolute Gasteiger partial charge is 0.486 e. The van der Waals surface area contributed by atoms with Gasteiger partial charge in [0.15, 0.2) is 5.78 Å². The van der Waals surface area contributed by atoms with Gasteiger partial charge in [0.1, 0.15) is 24.9 Å². The van der Waals surface area contributed by atoms with Crippen LogP contribution in [-0.2, 0) is 42.9 Å². The van der Waals surface area contributed by atoms with Crippen LogP contribution in [-0.4, -0.2) is 76.7 Å². The van der Waals surface area contributed by atoms with Gasteiger partial charge in [0.05, 0.1) is 17.5 Å². The zero-order valence-corrected chi connectivity index (χ0v) is 21.5. The molecule has 3 rings (SSSR count). The first kappa shape index (κ1) is 31.9. The number of alkyl halides is 6. The van der Waals surface area contributed by atoms with Crippen LogP contribution in [0.5, 0.6) is 5.75 Å². The third kappa shape index (κ3) is 8.68. The van der Waals surface area contributed by atoms with Crippen molar-refractivity contribution in [2.75, 3.05) is 26.2 Å². The van der Waals surface area contributed by atoms with E-state index in [0.29, 0.717) is 0 Å². The number of carboxylic acids is 1. The Morgan fingerprint density at radius 1 is 0.881 bits per heavy atom. The molecule has 3 amide bonds. The summed E-state index contributed by atoms with van der Waals surface area (Å²) in [5.74, 6) is -6.67. The van der Waals surface area contributed by atoms with Gasteiger partial charge in [-0.15, -0.1) is 0 Å². The number of hydrogen-bond donors (Lipinski definition) is 2. The van der Waals surface area contributed by atoms with Crippen LogP contribution in [0.15, 0.2) is 48.5 Å². The molecule has 16 heteroatoms. The van der Waals surface area contributed by atoms with Crippen LogP contribution in [0.1, 0.15) is 23.1 Å². The van der Waals surface area contributed by atoms with Gasteiger partial charge in [0.25, 0.3) is 0 Å². The molecule has 1 aliphatic rings. The van der Waals surface area contributed by atoms with Gasteiger partial charge in [-0.05, 0) is 23.8 Å². The van der Waals surface area contributed by atoms with Crippen molar-refractivity contribution >= 4 is 29.5 Å². The molecule has 2 N–H and O–H groups in total. The lowest BCUT2D eigenvalue weighted by atomic mass is 10.1. The number of piperazine rings is 1. The molecular formula is C26H23F6N3O7. The first-order valence-electron chi connectivity index (χ1n) is 12.1. The van der Waals surface area contributed by atoms with Crippen molar-refractivity contribution < 1.29 is 60.2 Å². The lowest BCUT2D eigenvalue weighted by molar-refractivity contribution is -0.157. The van der Waals surface area contributed by atoms with Crippen molar-refractivity contribution in [3.05, 3.63) is 65.2 Å². The Balaban J connectivity index is 1.63. The smallest absolute Gasteiger partial charge is 0.416 e. The molecular weight excluding hydrogens is 580 g/mol. The number of ether oxygens (including phenoxy) is 1. The van der Waals surface area contributed by atoms with Crippen molar-refractivity contribution in [1.29, 1.82) is 0 Å². The molecule has 0 unspecified atom stereocenters. The van der Waals surface area contributed by atoms with Gasteiger partial charge in [-0.25, -0.2) is 0 Å². The number of amides is 3. The molecule has 0 saturated carbocycles. The molecule has 0 spiro atoms. The highest BCUT2D eigenvalue weighted by molar-refractivity contribution is 6.35. The summed E-state index contributed by atoms with van der Waals surface area (Å²) in [4.78, 5) is 63.6. The molecule has 0 aromatic heterocycles. The highest BCUT2D eigenvalue weighted by atomic mass is 19.4. The fraction of sp³-hybridized carbons (Fsp3) is 0.346. The number of nitrogens with one attached hydrogen (secondary N) is 1. The van der Waals surface area contributed by atoms with Crippen LogP contribution < -0.4 is 10.1 Å². The van der Waals surface area contributed by atoms with E-state index in [1.54, 1.807) is 30.3 Å². The SMILES string of the molecule is O=C(O)C[C@H](NC(=O)CN1CCN(Cc2ccccc2)C(=O)C1=O)C(=O)COc1cc(C(F)(F)F)cc(C(F)(F)F)c1. The Hall–Kier alpha value is -4.63. The molecule has 10 nitrogen and oxygen atoms in total. The number of nitrogens with zero attached hydrogens (tertiary/aromatic N) is 2. The quantitative estimate of drug-likeness (QED) is 0.298. The lowest BCUT2D eigenvalue weighted by Gasteiger charge is -2.33. The minimum Gasteiger partial charge on any atom is -0.486 e. The predicted molar refractivity (Wildman–Crippen MR) is 130 cm³/mol. The number of rotatable bonds is 11. The van der Waals surface area contributed by atoms with E-state index in [4.69, 9.17) is 9.84 Å². The molecule has 0 bridgehead atoms. The average molecular weight is 603 g/mol. The second kappa shape index (κ2) is 12.9. The summed E-state index contributed by atoms with van der Waals surface area (Å²) in [5.41, 5.74) is -2.63. The molecule has 0 aliphatic carbocycles. The number of Topliss-reactive ketones (excluding diaryl/α,β-unsaturated/α-hetero) is 1. The molecule has 1 saturated heterocycles. The van der Waals surface area contributed by atoms with Crippen LogP contribution in [0.25, 0.3) is 0 Å². The molecule has 42 heavy (non-hydrogen) atoms. The van der Waals surface area contributed by atoms with E-state index in [-0.39, 0.29) is 37.8 Å². The number of benzene rings is 2. The number of carboxylic acid groups (broad SMARTS) is 1. The van der Waals surface area contributed by atoms with Crippen molar-refractivity contribution in [2.24, 2.45) is 0 Å². The second-order valence-electron chi connectivity index (χ2n) is 9.15. The van der Waals surface area contributed by atoms with Gasteiger partial charge in [0, 0.05) is 19.6 Å². The monoisotopic (exact) mass is 603 g/mol. The number of carbonyl (C=O) groups is 5. The van der Waals surface area contributed by atoms with E-state index in [2.05, 4.69) is 5.32 Å². The Labute approximate surface area is 233 Å². The van der Waals surface area contributed by atoms with Crippen LogP contribution >= 0.6 is 0 Å². The molecule has 1 aliphatic heterocycles. The van der Waals surface area contributed by atoms with Crippen molar-refractivity contribution in [2.45, 2.75) is 31.4 Å². The maximum atomic E-state index is 13.1. The lowest BCUT2D eigenvalue weighted by Crippen LogP contribution is -2.57. The van der Waals surface area contributed by atoms with Gasteiger partial charge in [-0.3, -0.25) is 24.0 Å². The number of hydrogen-bond acceptors (Lipinski definition) is 6. The van der Waals surface area contributed by atoms with Gasteiger partial charge in [0.2, 0.25) is 5.91 Å². The van der Waals surface area contributed by atoms with Gasteiger partial charge >= 0.3 is 30.1 Å². The molecule has 1 heterocycles. The van der Waals surface area contributed by atoms with Gasteiger partial charge in [-0.1, -0.05) is 30.3 Å². The predicted octanol–water partition coefficient (Wildman–Crippen LogP) is 2.50. The number of halogens is 6. The Kier molecular flexibility index (Phi) is 9.80. The van der Waals surface area contributed by atoms with E-state index >= 15 is 0 Å². The van der Waals surface area contributed by atoms with E-state index in [1.165, 1.54) is 4.90 Å². The zero-order chi connectivity index (χ0) is 31.2. The van der Waals surface area contributed by atoms with Crippen LogP contribution in [0.3, 0.4) is 0 Å². The third-order valence-electron chi connectivity index (χ3n) is 5.99. The molecule has 0 radical (unpaired) electrons. The summed E-state index contributed by atoms with van der Waals surface area (Å²) < 4.78 is 83.2. The number of aliphatic carboxylic acids is 1. The Bertz CT molecular complexity index is 1320. The fourth-order valence-corrected chi connectivity index (χ4v) is 3.92. The minimum absolute atomic E-state index is 0.0530. The number of ketones is 1. The topological polar surface area (TPSA) is 133 Å². The molecule has 2 aromatic carbocycles. The highest BCUT2D eigenvalue weighted by Crippen LogP contribution is 2.38. The van der Waals surface area contributed by atoms with E-state index in [1.807, 2.05) is 0 Å². The maximum absolute atomic E-state index is 13.1. The van der Waals surface area contributed by atoms with Gasteiger partial charge in [-0.2, -0.15) is 26.3 Å². The third-order valence-corrected chi connectivity index (χ3v) is 5.99. The summed E-state index contributed by atoms with van der Waals surface area (Å²) in [7, 11) is 0. The number of carbonyl (C=O) groups excluding carboxylic acids is 4. The summed E-state index contributed by atoms with van der Waals surface area (Å²) in [5, 5.41) is 11.2. The van der Waals surface area contributed by atoms with E-state index < -0.39 is 84.3 Å². The first-order chi connectivity index (χ1) is 19.5. The molecule has 226 valence electrons. The van der Waals surface area contributed by atoms with Crippen LogP contribution in [0.2, 0.25) is 0 Å². The van der Waals surface area contributed by atoms with Crippen molar-refractivity contribution in [3.8, 4) is 5.75 Å². The average Bonchev–Trinajstić information content (AvgIpc) is 2.90. The second-order valence-corrected chi connectivity index (χ2v) is 9.15. The molecule has 1 atom stereocenters. The van der Waals surface area contributed by atoms with Crippen LogP contribution in [0, 0.1) is 0 Å². The zero-order valence-electron chi connectivity index (χ0n) is 21.5. The fourth-order valence-electron chi connectivity index (χ4n) is 3.92. The highest BCUT2D eigenvalue weighted by Gasteiger charge is 2.38. The first-order valence-corrected chi connectivity index (χ1v) is 12.1. The summed E-state index contributed by atoms with van der Waals surface area (Å²) >= 11 is 0. The standard InChI is InChI=1S/C26H23F6N3O7/c27-25(28,29)16-8-17(26(30,31)32)10-18(9-16)42-14-20(36)19(11-22(38)39)33-21(37)13-35-7-6-34(23(40)24(35)41)12-15-4-2-1-3-5-15/h1-5,8-10,19H,6-7,11-14H2,(H,33,37)(H,38,39)/t19-/m0/s1. The summed E-state index contributed by atoms with van der Waals surface area (Å²) in [6.07, 6.45) is -11.4. The maximum Gasteiger partial charge on any atom is 0.416 e. The molecule has 1 fully saturated rings. The minimum atomic E-state index is -5.17. The van der Waals surface area contributed by atoms with Gasteiger partial charge < -0.3 is 25.0 Å². The Morgan fingerprint density at radius 2 is 1.43 bits per heavy atom. The Morgan fingerprint density at radius 3 is 1.98 bits per heavy atom. The van der Waals surface area contributed by atoms with E-state index in [0.717, 1.165) is 10.5 Å².